The average molecular weight is 242 g/mol. The summed E-state index contributed by atoms with van der Waals surface area (Å²) in [6, 6.07) is 1.98. The van der Waals surface area contributed by atoms with Crippen LogP contribution in [0.3, 0.4) is 0 Å². The zero-order valence-electron chi connectivity index (χ0n) is 9.01. The van der Waals surface area contributed by atoms with E-state index in [4.69, 9.17) is 4.74 Å². The zero-order valence-corrected chi connectivity index (χ0v) is 9.83. The molecule has 1 aromatic rings. The van der Waals surface area contributed by atoms with E-state index in [1.54, 1.807) is 6.07 Å². The van der Waals surface area contributed by atoms with Crippen LogP contribution in [0.15, 0.2) is 11.4 Å². The minimum Gasteiger partial charge on any atom is -0.377 e. The van der Waals surface area contributed by atoms with Crippen LogP contribution in [0.5, 0.6) is 0 Å². The van der Waals surface area contributed by atoms with Gasteiger partial charge in [-0.05, 0) is 18.9 Å². The Labute approximate surface area is 97.6 Å². The van der Waals surface area contributed by atoms with Gasteiger partial charge in [-0.1, -0.05) is 11.3 Å². The summed E-state index contributed by atoms with van der Waals surface area (Å²) in [5.74, 6) is 0. The molecular formula is C10H14N2O3S. The Morgan fingerprint density at radius 1 is 1.75 bits per heavy atom. The molecule has 1 aliphatic rings. The Kier molecular flexibility index (Phi) is 3.52. The topological polar surface area (TPSA) is 64.4 Å². The number of thiophene rings is 1. The van der Waals surface area contributed by atoms with E-state index >= 15 is 0 Å². The predicted molar refractivity (Wildman–Crippen MR) is 61.6 cm³/mol. The number of nitro groups is 1. The lowest BCUT2D eigenvalue weighted by Gasteiger charge is -2.14. The molecule has 2 heterocycles. The van der Waals surface area contributed by atoms with E-state index in [9.17, 15) is 10.1 Å². The van der Waals surface area contributed by atoms with Crippen molar-refractivity contribution in [1.82, 2.24) is 5.32 Å². The van der Waals surface area contributed by atoms with Crippen LogP contribution >= 0.6 is 11.3 Å². The van der Waals surface area contributed by atoms with Crippen LogP contribution in [0.25, 0.3) is 0 Å². The van der Waals surface area contributed by atoms with E-state index in [-0.39, 0.29) is 16.0 Å². The molecule has 0 aliphatic carbocycles. The predicted octanol–water partition coefficient (Wildman–Crippen LogP) is 1.92. The van der Waals surface area contributed by atoms with Crippen LogP contribution in [-0.4, -0.2) is 23.7 Å². The molecule has 16 heavy (non-hydrogen) atoms. The lowest BCUT2D eigenvalue weighted by molar-refractivity contribution is -0.380. The highest BCUT2D eigenvalue weighted by Gasteiger charge is 2.23. The second-order valence-corrected chi connectivity index (χ2v) is 4.79. The molecule has 5 nitrogen and oxygen atoms in total. The second kappa shape index (κ2) is 4.90. The molecule has 0 amide bonds. The van der Waals surface area contributed by atoms with Crippen molar-refractivity contribution in [2.75, 3.05) is 6.61 Å². The number of rotatable bonds is 4. The van der Waals surface area contributed by atoms with Crippen molar-refractivity contribution in [2.45, 2.75) is 32.0 Å². The van der Waals surface area contributed by atoms with Crippen molar-refractivity contribution >= 4 is 16.3 Å². The van der Waals surface area contributed by atoms with Crippen molar-refractivity contribution in [3.8, 4) is 0 Å². The van der Waals surface area contributed by atoms with Gasteiger partial charge in [0.1, 0.15) is 0 Å². The second-order valence-electron chi connectivity index (χ2n) is 3.90. The standard InChI is InChI=1S/C10H14N2O3S/c1-7-9(2-3-15-7)11-5-8-4-10(12(13)14)16-6-8/h4,6-7,9,11H,2-3,5H2,1H3. The van der Waals surface area contributed by atoms with Crippen LogP contribution in [-0.2, 0) is 11.3 Å². The van der Waals surface area contributed by atoms with Gasteiger partial charge in [0.15, 0.2) is 0 Å². The summed E-state index contributed by atoms with van der Waals surface area (Å²) >= 11 is 1.17. The maximum Gasteiger partial charge on any atom is 0.324 e. The highest BCUT2D eigenvalue weighted by molar-refractivity contribution is 7.13. The van der Waals surface area contributed by atoms with Crippen LogP contribution in [0.4, 0.5) is 5.00 Å². The number of nitrogens with one attached hydrogen (secondary N) is 1. The van der Waals surface area contributed by atoms with Gasteiger partial charge in [-0.3, -0.25) is 10.1 Å². The van der Waals surface area contributed by atoms with Crippen molar-refractivity contribution in [3.05, 3.63) is 27.1 Å². The highest BCUT2D eigenvalue weighted by Crippen LogP contribution is 2.23. The molecule has 0 radical (unpaired) electrons. The quantitative estimate of drug-likeness (QED) is 0.647. The van der Waals surface area contributed by atoms with Crippen LogP contribution in [0, 0.1) is 10.1 Å². The van der Waals surface area contributed by atoms with Crippen molar-refractivity contribution < 1.29 is 9.66 Å². The summed E-state index contributed by atoms with van der Waals surface area (Å²) in [7, 11) is 0. The normalized spacial score (nSPS) is 24.8. The van der Waals surface area contributed by atoms with E-state index in [0.29, 0.717) is 12.6 Å². The minimum atomic E-state index is -0.352. The SMILES string of the molecule is CC1OCCC1NCc1csc([N+](=O)[O-])c1. The van der Waals surface area contributed by atoms with Crippen molar-refractivity contribution in [2.24, 2.45) is 0 Å². The van der Waals surface area contributed by atoms with Gasteiger partial charge in [-0.2, -0.15) is 0 Å². The summed E-state index contributed by atoms with van der Waals surface area (Å²) in [5, 5.41) is 15.9. The first kappa shape index (κ1) is 11.5. The zero-order chi connectivity index (χ0) is 11.5. The molecule has 1 aliphatic heterocycles. The van der Waals surface area contributed by atoms with E-state index in [1.807, 2.05) is 12.3 Å². The van der Waals surface area contributed by atoms with Crippen LogP contribution in [0.2, 0.25) is 0 Å². The molecule has 0 spiro atoms. The Hall–Kier alpha value is -0.980. The largest absolute Gasteiger partial charge is 0.377 e. The molecule has 1 saturated heterocycles. The van der Waals surface area contributed by atoms with Gasteiger partial charge >= 0.3 is 5.00 Å². The minimum absolute atomic E-state index is 0.201. The fourth-order valence-corrected chi connectivity index (χ4v) is 2.53. The van der Waals surface area contributed by atoms with Gasteiger partial charge in [-0.15, -0.1) is 0 Å². The number of nitrogens with zero attached hydrogens (tertiary/aromatic N) is 1. The lowest BCUT2D eigenvalue weighted by Crippen LogP contribution is -2.33. The van der Waals surface area contributed by atoms with E-state index in [0.717, 1.165) is 18.6 Å². The molecule has 0 aromatic carbocycles. The Balaban J connectivity index is 1.87. The molecule has 6 heteroatoms. The van der Waals surface area contributed by atoms with Crippen LogP contribution in [0.1, 0.15) is 18.9 Å². The lowest BCUT2D eigenvalue weighted by atomic mass is 10.1. The molecule has 1 fully saturated rings. The van der Waals surface area contributed by atoms with Gasteiger partial charge in [-0.25, -0.2) is 0 Å². The number of ether oxygens (including phenoxy) is 1. The van der Waals surface area contributed by atoms with Gasteiger partial charge in [0.05, 0.1) is 11.0 Å². The summed E-state index contributed by atoms with van der Waals surface area (Å²) < 4.78 is 5.43. The van der Waals surface area contributed by atoms with E-state index < -0.39 is 0 Å². The fourth-order valence-electron chi connectivity index (χ4n) is 1.80. The third-order valence-electron chi connectivity index (χ3n) is 2.76. The summed E-state index contributed by atoms with van der Waals surface area (Å²) in [6.07, 6.45) is 1.24. The molecular weight excluding hydrogens is 228 g/mol. The fraction of sp³-hybridized carbons (Fsp3) is 0.600. The maximum absolute atomic E-state index is 10.5. The summed E-state index contributed by atoms with van der Waals surface area (Å²) in [4.78, 5) is 10.2. The first-order valence-electron chi connectivity index (χ1n) is 5.23. The molecule has 0 bridgehead atoms. The van der Waals surface area contributed by atoms with Gasteiger partial charge < -0.3 is 10.1 Å². The van der Waals surface area contributed by atoms with Crippen molar-refractivity contribution in [3.63, 3.8) is 0 Å². The van der Waals surface area contributed by atoms with Crippen molar-refractivity contribution in [1.29, 1.82) is 0 Å². The number of hydrogen-bond acceptors (Lipinski definition) is 5. The van der Waals surface area contributed by atoms with E-state index in [1.165, 1.54) is 11.3 Å². The molecule has 2 atom stereocenters. The molecule has 88 valence electrons. The molecule has 1 N–H and O–H groups in total. The first-order valence-corrected chi connectivity index (χ1v) is 6.11. The Morgan fingerprint density at radius 2 is 2.56 bits per heavy atom. The third-order valence-corrected chi connectivity index (χ3v) is 3.69. The monoisotopic (exact) mass is 242 g/mol. The summed E-state index contributed by atoms with van der Waals surface area (Å²) in [6.45, 7) is 3.51. The van der Waals surface area contributed by atoms with Gasteiger partial charge in [0.25, 0.3) is 0 Å². The van der Waals surface area contributed by atoms with E-state index in [2.05, 4.69) is 5.32 Å². The Bertz CT molecular complexity index is 380. The summed E-state index contributed by atoms with van der Waals surface area (Å²) in [5.41, 5.74) is 0.968. The van der Waals surface area contributed by atoms with Gasteiger partial charge in [0, 0.05) is 30.6 Å². The molecule has 1 aromatic heterocycles. The third kappa shape index (κ3) is 2.58. The number of hydrogen-bond donors (Lipinski definition) is 1. The maximum atomic E-state index is 10.5. The highest BCUT2D eigenvalue weighted by atomic mass is 32.1. The average Bonchev–Trinajstić information content (AvgIpc) is 2.83. The first-order chi connectivity index (χ1) is 7.66. The molecule has 2 rings (SSSR count). The van der Waals surface area contributed by atoms with Crippen LogP contribution < -0.4 is 5.32 Å². The smallest absolute Gasteiger partial charge is 0.324 e. The molecule has 2 unspecified atom stereocenters. The Morgan fingerprint density at radius 3 is 3.12 bits per heavy atom. The molecule has 0 saturated carbocycles. The van der Waals surface area contributed by atoms with Gasteiger partial charge in [0.2, 0.25) is 0 Å².